The third-order valence-corrected chi connectivity index (χ3v) is 4.93. The number of nitrogens with one attached hydrogen (secondary N) is 1. The second-order valence-electron chi connectivity index (χ2n) is 7.07. The average Bonchev–Trinajstić information content (AvgIpc) is 3.13. The number of halogens is 3. The van der Waals surface area contributed by atoms with Crippen LogP contribution in [0.4, 0.5) is 19.0 Å². The number of rotatable bonds is 6. The molecular weight excluding hydrogens is 385 g/mol. The molecule has 0 aliphatic carbocycles. The molecular formula is C20H23F3N4O2. The molecule has 1 aromatic heterocycles. The van der Waals surface area contributed by atoms with Crippen LogP contribution in [0.15, 0.2) is 18.2 Å². The van der Waals surface area contributed by atoms with Gasteiger partial charge in [0.05, 0.1) is 23.8 Å². The highest BCUT2D eigenvalue weighted by molar-refractivity contribution is 5.77. The first-order chi connectivity index (χ1) is 13.7. The lowest BCUT2D eigenvalue weighted by molar-refractivity contribution is -0.138. The molecule has 0 saturated carbocycles. The van der Waals surface area contributed by atoms with Crippen LogP contribution in [-0.4, -0.2) is 22.5 Å². The van der Waals surface area contributed by atoms with Gasteiger partial charge in [-0.25, -0.2) is 9.97 Å². The van der Waals surface area contributed by atoms with Crippen LogP contribution in [0.2, 0.25) is 0 Å². The number of ether oxygens (including phenoxy) is 1. The second kappa shape index (κ2) is 8.36. The van der Waals surface area contributed by atoms with E-state index in [1.807, 2.05) is 0 Å². The van der Waals surface area contributed by atoms with Crippen LogP contribution >= 0.6 is 0 Å². The Morgan fingerprint density at radius 3 is 2.69 bits per heavy atom. The molecule has 0 bridgehead atoms. The van der Waals surface area contributed by atoms with Crippen LogP contribution < -0.4 is 11.1 Å². The maximum Gasteiger partial charge on any atom is 0.416 e. The molecule has 1 saturated heterocycles. The van der Waals surface area contributed by atoms with Gasteiger partial charge in [-0.15, -0.1) is 0 Å². The Balaban J connectivity index is 1.95. The Bertz CT molecular complexity index is 909. The number of nitrogens with two attached hydrogens (primary N) is 1. The zero-order valence-electron chi connectivity index (χ0n) is 16.3. The first-order valence-electron chi connectivity index (χ1n) is 9.33. The fraction of sp³-hybridized carbons (Fsp3) is 0.450. The molecule has 1 aliphatic heterocycles. The zero-order chi connectivity index (χ0) is 21.2. The lowest BCUT2D eigenvalue weighted by atomic mass is 10.0. The molecule has 2 aromatic rings. The van der Waals surface area contributed by atoms with E-state index in [0.29, 0.717) is 35.1 Å². The lowest BCUT2D eigenvalue weighted by Crippen LogP contribution is -2.20. The van der Waals surface area contributed by atoms with Gasteiger partial charge < -0.3 is 15.8 Å². The van der Waals surface area contributed by atoms with Crippen molar-refractivity contribution in [3.05, 3.63) is 52.0 Å². The quantitative estimate of drug-likeness (QED) is 0.762. The van der Waals surface area contributed by atoms with E-state index in [0.717, 1.165) is 18.9 Å². The number of hydrogen-bond acceptors (Lipinski definition) is 5. The minimum absolute atomic E-state index is 0.0597. The number of aryl methyl sites for hydroxylation is 1. The van der Waals surface area contributed by atoms with E-state index in [4.69, 9.17) is 10.5 Å². The Morgan fingerprint density at radius 2 is 2.07 bits per heavy atom. The van der Waals surface area contributed by atoms with E-state index in [2.05, 4.69) is 15.3 Å². The van der Waals surface area contributed by atoms with E-state index in [-0.39, 0.29) is 24.6 Å². The molecule has 1 atom stereocenters. The molecule has 1 unspecified atom stereocenters. The summed E-state index contributed by atoms with van der Waals surface area (Å²) < 4.78 is 45.3. The van der Waals surface area contributed by atoms with E-state index in [9.17, 15) is 18.0 Å². The van der Waals surface area contributed by atoms with Crippen LogP contribution in [0.1, 0.15) is 52.7 Å². The van der Waals surface area contributed by atoms with Crippen LogP contribution in [0.3, 0.4) is 0 Å². The van der Waals surface area contributed by atoms with Crippen molar-refractivity contribution in [2.75, 3.05) is 11.9 Å². The van der Waals surface area contributed by atoms with Gasteiger partial charge in [0.25, 0.3) is 0 Å². The minimum atomic E-state index is -4.41. The second-order valence-corrected chi connectivity index (χ2v) is 7.07. The Kier molecular flexibility index (Phi) is 6.07. The smallest absolute Gasteiger partial charge is 0.373 e. The van der Waals surface area contributed by atoms with Gasteiger partial charge in [-0.3, -0.25) is 4.79 Å². The summed E-state index contributed by atoms with van der Waals surface area (Å²) in [4.78, 5) is 20.3. The first-order valence-corrected chi connectivity index (χ1v) is 9.33. The maximum absolute atomic E-state index is 13.2. The van der Waals surface area contributed by atoms with Crippen molar-refractivity contribution >= 4 is 11.7 Å². The molecule has 3 N–H and O–H groups in total. The van der Waals surface area contributed by atoms with Gasteiger partial charge in [-0.1, -0.05) is 12.1 Å². The monoisotopic (exact) mass is 408 g/mol. The Labute approximate surface area is 166 Å². The molecule has 156 valence electrons. The fourth-order valence-corrected chi connectivity index (χ4v) is 3.58. The molecule has 29 heavy (non-hydrogen) atoms. The summed E-state index contributed by atoms with van der Waals surface area (Å²) in [5, 5.41) is 3.13. The molecule has 9 heteroatoms. The SMILES string of the molecule is Cc1nc(CC(N)=O)c(C2CCCO2)c(NCc2cccc(C(F)(F)F)c2C)n1. The van der Waals surface area contributed by atoms with Crippen LogP contribution in [-0.2, 0) is 28.7 Å². The van der Waals surface area contributed by atoms with Crippen molar-refractivity contribution in [2.45, 2.75) is 51.9 Å². The first kappa shape index (κ1) is 21.0. The number of anilines is 1. The fourth-order valence-electron chi connectivity index (χ4n) is 3.58. The summed E-state index contributed by atoms with van der Waals surface area (Å²) in [7, 11) is 0. The predicted molar refractivity (Wildman–Crippen MR) is 101 cm³/mol. The van der Waals surface area contributed by atoms with Gasteiger partial charge in [0, 0.05) is 18.7 Å². The van der Waals surface area contributed by atoms with Crippen molar-refractivity contribution in [1.82, 2.24) is 9.97 Å². The predicted octanol–water partition coefficient (Wildman–Crippen LogP) is 3.60. The minimum Gasteiger partial charge on any atom is -0.373 e. The van der Waals surface area contributed by atoms with Gasteiger partial charge in [-0.2, -0.15) is 13.2 Å². The number of carbonyl (C=O) groups is 1. The third kappa shape index (κ3) is 4.84. The highest BCUT2D eigenvalue weighted by Gasteiger charge is 2.33. The van der Waals surface area contributed by atoms with Crippen molar-refractivity contribution in [3.8, 4) is 0 Å². The molecule has 0 spiro atoms. The number of amides is 1. The normalized spacial score (nSPS) is 16.8. The molecule has 6 nitrogen and oxygen atoms in total. The number of primary amides is 1. The molecule has 3 rings (SSSR count). The van der Waals surface area contributed by atoms with Crippen molar-refractivity contribution < 1.29 is 22.7 Å². The van der Waals surface area contributed by atoms with Crippen molar-refractivity contribution in [2.24, 2.45) is 5.73 Å². The Hall–Kier alpha value is -2.68. The number of alkyl halides is 3. The molecule has 1 amide bonds. The van der Waals surface area contributed by atoms with Gasteiger partial charge in [-0.05, 0) is 43.9 Å². The maximum atomic E-state index is 13.2. The number of benzene rings is 1. The van der Waals surface area contributed by atoms with Crippen LogP contribution in [0, 0.1) is 13.8 Å². The van der Waals surface area contributed by atoms with Crippen molar-refractivity contribution in [3.63, 3.8) is 0 Å². The zero-order valence-corrected chi connectivity index (χ0v) is 16.3. The molecule has 1 aromatic carbocycles. The van der Waals surface area contributed by atoms with E-state index < -0.39 is 17.6 Å². The third-order valence-electron chi connectivity index (χ3n) is 4.93. The van der Waals surface area contributed by atoms with Crippen LogP contribution in [0.5, 0.6) is 0 Å². The van der Waals surface area contributed by atoms with Crippen LogP contribution in [0.25, 0.3) is 0 Å². The number of nitrogens with zero attached hydrogens (tertiary/aromatic N) is 2. The average molecular weight is 408 g/mol. The molecule has 1 fully saturated rings. The number of carbonyl (C=O) groups excluding carboxylic acids is 1. The van der Waals surface area contributed by atoms with E-state index >= 15 is 0 Å². The standard InChI is InChI=1S/C20H23F3N4O2/c1-11-13(5-3-6-14(11)20(21,22)23)10-25-19-18(16-7-4-8-29-16)15(9-17(24)28)26-12(2)27-19/h3,5-6,16H,4,7-10H2,1-2H3,(H2,24,28)(H,25,26,27). The van der Waals surface area contributed by atoms with Gasteiger partial charge >= 0.3 is 6.18 Å². The van der Waals surface area contributed by atoms with Crippen molar-refractivity contribution in [1.29, 1.82) is 0 Å². The Morgan fingerprint density at radius 1 is 1.31 bits per heavy atom. The summed E-state index contributed by atoms with van der Waals surface area (Å²) >= 11 is 0. The highest BCUT2D eigenvalue weighted by atomic mass is 19.4. The molecule has 2 heterocycles. The summed E-state index contributed by atoms with van der Waals surface area (Å²) in [6.07, 6.45) is -3.15. The summed E-state index contributed by atoms with van der Waals surface area (Å²) in [6.45, 7) is 3.86. The lowest BCUT2D eigenvalue weighted by Gasteiger charge is -2.20. The topological polar surface area (TPSA) is 90.1 Å². The van der Waals surface area contributed by atoms with E-state index in [1.165, 1.54) is 13.0 Å². The van der Waals surface area contributed by atoms with Gasteiger partial charge in [0.1, 0.15) is 11.6 Å². The summed E-state index contributed by atoms with van der Waals surface area (Å²) in [5.74, 6) is 0.366. The van der Waals surface area contributed by atoms with Gasteiger partial charge in [0.15, 0.2) is 0 Å². The van der Waals surface area contributed by atoms with Gasteiger partial charge in [0.2, 0.25) is 5.91 Å². The number of aromatic nitrogens is 2. The summed E-state index contributed by atoms with van der Waals surface area (Å²) in [5.41, 5.74) is 6.51. The molecule has 0 radical (unpaired) electrons. The number of hydrogen-bond donors (Lipinski definition) is 2. The largest absolute Gasteiger partial charge is 0.416 e. The van der Waals surface area contributed by atoms with E-state index in [1.54, 1.807) is 13.0 Å². The molecule has 1 aliphatic rings. The summed E-state index contributed by atoms with van der Waals surface area (Å²) in [6, 6.07) is 4.09. The highest BCUT2D eigenvalue weighted by Crippen LogP contribution is 2.36.